The van der Waals surface area contributed by atoms with Gasteiger partial charge in [0.15, 0.2) is 5.65 Å². The number of hydrogen-bond donors (Lipinski definition) is 2. The normalized spacial score (nSPS) is 11.3. The van der Waals surface area contributed by atoms with Crippen molar-refractivity contribution in [3.8, 4) is 11.3 Å². The van der Waals surface area contributed by atoms with E-state index in [1.807, 2.05) is 34.8 Å². The van der Waals surface area contributed by atoms with Gasteiger partial charge in [-0.15, -0.1) is 0 Å². The van der Waals surface area contributed by atoms with Crippen LogP contribution in [0.4, 0.5) is 5.82 Å². The van der Waals surface area contributed by atoms with Crippen LogP contribution in [0, 0.1) is 0 Å². The lowest BCUT2D eigenvalue weighted by Crippen LogP contribution is -2.06. The first-order valence-corrected chi connectivity index (χ1v) is 9.33. The molecule has 27 heavy (non-hydrogen) atoms. The Morgan fingerprint density at radius 1 is 1.07 bits per heavy atom. The summed E-state index contributed by atoms with van der Waals surface area (Å²) in [5, 5.41) is 7.92. The topological polar surface area (TPSA) is 70.9 Å². The number of fused-ring (bicyclic) bond motifs is 2. The van der Waals surface area contributed by atoms with Gasteiger partial charge in [0, 0.05) is 18.2 Å². The molecule has 132 valence electrons. The molecule has 0 fully saturated rings. The summed E-state index contributed by atoms with van der Waals surface area (Å²) < 4.78 is 2.67. The Labute approximate surface area is 163 Å². The molecule has 5 aromatic rings. The highest BCUT2D eigenvalue weighted by Gasteiger charge is 2.11. The van der Waals surface area contributed by atoms with Gasteiger partial charge >= 0.3 is 0 Å². The molecule has 0 atom stereocenters. The van der Waals surface area contributed by atoms with E-state index in [1.165, 1.54) is 0 Å². The van der Waals surface area contributed by atoms with Gasteiger partial charge in [0.2, 0.25) is 0 Å². The number of nitrogens with one attached hydrogen (secondary N) is 2. The summed E-state index contributed by atoms with van der Waals surface area (Å²) in [6, 6.07) is 18.4. The Bertz CT molecular complexity index is 1240. The lowest BCUT2D eigenvalue weighted by Gasteiger charge is -2.11. The van der Waals surface area contributed by atoms with E-state index in [2.05, 4.69) is 60.6 Å². The number of H-pyrrole nitrogens is 1. The third-order valence-corrected chi connectivity index (χ3v) is 5.02. The van der Waals surface area contributed by atoms with Crippen molar-refractivity contribution in [3.05, 3.63) is 77.2 Å². The van der Waals surface area contributed by atoms with Gasteiger partial charge in [-0.1, -0.05) is 36.4 Å². The average Bonchev–Trinajstić information content (AvgIpc) is 3.33. The molecule has 2 aromatic carbocycles. The smallest absolute Gasteiger partial charge is 0.172 e. The van der Waals surface area contributed by atoms with E-state index >= 15 is 0 Å². The zero-order chi connectivity index (χ0) is 18.2. The maximum atomic E-state index is 4.75. The van der Waals surface area contributed by atoms with E-state index in [1.54, 1.807) is 12.5 Å². The molecule has 3 heterocycles. The third kappa shape index (κ3) is 2.96. The van der Waals surface area contributed by atoms with Crippen molar-refractivity contribution in [1.82, 2.24) is 24.6 Å². The van der Waals surface area contributed by atoms with E-state index in [4.69, 9.17) is 4.98 Å². The molecular formula is C20H15BrN6. The summed E-state index contributed by atoms with van der Waals surface area (Å²) in [7, 11) is 0. The average molecular weight is 419 g/mol. The summed E-state index contributed by atoms with van der Waals surface area (Å²) in [4.78, 5) is 12.2. The quantitative estimate of drug-likeness (QED) is 0.445. The number of nitrogens with zero attached hydrogens (tertiary/aromatic N) is 4. The minimum atomic E-state index is 0.660. The van der Waals surface area contributed by atoms with Crippen LogP contribution in [-0.2, 0) is 6.54 Å². The highest BCUT2D eigenvalue weighted by atomic mass is 79.9. The minimum Gasteiger partial charge on any atom is -0.366 e. The maximum absolute atomic E-state index is 4.75. The highest BCUT2D eigenvalue weighted by molar-refractivity contribution is 9.10. The van der Waals surface area contributed by atoms with Crippen LogP contribution in [0.2, 0.25) is 0 Å². The van der Waals surface area contributed by atoms with Crippen molar-refractivity contribution < 1.29 is 0 Å². The Morgan fingerprint density at radius 2 is 1.96 bits per heavy atom. The largest absolute Gasteiger partial charge is 0.366 e. The molecule has 0 bridgehead atoms. The van der Waals surface area contributed by atoms with E-state index < -0.39 is 0 Å². The van der Waals surface area contributed by atoms with E-state index in [0.717, 1.165) is 43.8 Å². The van der Waals surface area contributed by atoms with Gasteiger partial charge in [-0.3, -0.25) is 0 Å². The highest BCUT2D eigenvalue weighted by Crippen LogP contribution is 2.26. The molecule has 5 rings (SSSR count). The first kappa shape index (κ1) is 16.0. The second-order valence-corrected chi connectivity index (χ2v) is 7.08. The maximum Gasteiger partial charge on any atom is 0.172 e. The van der Waals surface area contributed by atoms with Crippen molar-refractivity contribution in [3.63, 3.8) is 0 Å². The van der Waals surface area contributed by atoms with Crippen molar-refractivity contribution in [2.45, 2.75) is 6.54 Å². The zero-order valence-corrected chi connectivity index (χ0v) is 15.8. The monoisotopic (exact) mass is 418 g/mol. The minimum absolute atomic E-state index is 0.660. The lowest BCUT2D eigenvalue weighted by atomic mass is 10.1. The molecule has 7 heteroatoms. The number of benzene rings is 2. The Hall–Kier alpha value is -3.19. The molecule has 6 nitrogen and oxygen atoms in total. The van der Waals surface area contributed by atoms with Gasteiger partial charge in [-0.05, 0) is 33.6 Å². The standard InChI is InChI=1S/C20H15BrN6/c21-15-11-25-27-19(9-17(26-20(15)27)14-4-2-1-3-5-14)22-10-13-6-7-16-18(8-13)24-12-23-16/h1-9,11-12,22H,10H2,(H,23,24). The van der Waals surface area contributed by atoms with Crippen LogP contribution < -0.4 is 5.32 Å². The number of rotatable bonds is 4. The van der Waals surface area contributed by atoms with Crippen LogP contribution in [0.15, 0.2) is 71.6 Å². The zero-order valence-electron chi connectivity index (χ0n) is 14.2. The van der Waals surface area contributed by atoms with Crippen molar-refractivity contribution in [1.29, 1.82) is 0 Å². The Kier molecular flexibility index (Phi) is 3.86. The van der Waals surface area contributed by atoms with Gasteiger partial charge < -0.3 is 10.3 Å². The van der Waals surface area contributed by atoms with Crippen LogP contribution in [0.1, 0.15) is 5.56 Å². The summed E-state index contributed by atoms with van der Waals surface area (Å²) in [6.07, 6.45) is 3.47. The SMILES string of the molecule is Brc1cnn2c(NCc3ccc4[nH]cnc4c3)cc(-c3ccccc3)nc12. The molecule has 0 amide bonds. The van der Waals surface area contributed by atoms with Gasteiger partial charge in [-0.2, -0.15) is 9.61 Å². The summed E-state index contributed by atoms with van der Waals surface area (Å²) >= 11 is 3.54. The van der Waals surface area contributed by atoms with Crippen LogP contribution in [0.3, 0.4) is 0 Å². The summed E-state index contributed by atoms with van der Waals surface area (Å²) in [5.41, 5.74) is 5.88. The predicted molar refractivity (Wildman–Crippen MR) is 110 cm³/mol. The molecule has 0 unspecified atom stereocenters. The Morgan fingerprint density at radius 3 is 2.85 bits per heavy atom. The molecule has 0 saturated heterocycles. The fraction of sp³-hybridized carbons (Fsp3) is 0.0500. The number of aromatic amines is 1. The first-order valence-electron chi connectivity index (χ1n) is 8.53. The van der Waals surface area contributed by atoms with Crippen molar-refractivity contribution in [2.75, 3.05) is 5.32 Å². The second-order valence-electron chi connectivity index (χ2n) is 6.23. The third-order valence-electron chi connectivity index (χ3n) is 4.46. The van der Waals surface area contributed by atoms with Crippen molar-refractivity contribution >= 4 is 38.4 Å². The number of anilines is 1. The molecule has 3 aromatic heterocycles. The van der Waals surface area contributed by atoms with E-state index in [9.17, 15) is 0 Å². The summed E-state index contributed by atoms with van der Waals surface area (Å²) in [6.45, 7) is 0.660. The van der Waals surface area contributed by atoms with Gasteiger partial charge in [-0.25, -0.2) is 9.97 Å². The lowest BCUT2D eigenvalue weighted by molar-refractivity contribution is 0.927. The van der Waals surface area contributed by atoms with Crippen LogP contribution in [0.5, 0.6) is 0 Å². The molecular weight excluding hydrogens is 404 g/mol. The molecule has 0 radical (unpaired) electrons. The fourth-order valence-corrected chi connectivity index (χ4v) is 3.45. The molecule has 0 saturated carbocycles. The Balaban J connectivity index is 1.53. The molecule has 0 aliphatic rings. The second kappa shape index (κ2) is 6.51. The number of imidazole rings is 1. The molecule has 0 aliphatic heterocycles. The number of aromatic nitrogens is 5. The van der Waals surface area contributed by atoms with Crippen LogP contribution >= 0.6 is 15.9 Å². The van der Waals surface area contributed by atoms with Crippen LogP contribution in [0.25, 0.3) is 27.9 Å². The van der Waals surface area contributed by atoms with Gasteiger partial charge in [0.1, 0.15) is 5.82 Å². The van der Waals surface area contributed by atoms with E-state index in [-0.39, 0.29) is 0 Å². The molecule has 2 N–H and O–H groups in total. The van der Waals surface area contributed by atoms with Crippen molar-refractivity contribution in [2.24, 2.45) is 0 Å². The van der Waals surface area contributed by atoms with Crippen LogP contribution in [-0.4, -0.2) is 24.6 Å². The fourth-order valence-electron chi connectivity index (χ4n) is 3.10. The molecule has 0 spiro atoms. The van der Waals surface area contributed by atoms with Gasteiger partial charge in [0.25, 0.3) is 0 Å². The number of hydrogen-bond acceptors (Lipinski definition) is 4. The van der Waals surface area contributed by atoms with E-state index in [0.29, 0.717) is 6.54 Å². The predicted octanol–water partition coefficient (Wildman–Crippen LogP) is 4.65. The number of halogens is 1. The molecule has 0 aliphatic carbocycles. The van der Waals surface area contributed by atoms with Gasteiger partial charge in [0.05, 0.1) is 33.7 Å². The first-order chi connectivity index (χ1) is 13.3. The summed E-state index contributed by atoms with van der Waals surface area (Å²) in [5.74, 6) is 0.881.